The Hall–Kier alpha value is -5.91. The van der Waals surface area contributed by atoms with Crippen molar-refractivity contribution in [3.05, 3.63) is 145 Å². The molecule has 4 aromatic heterocycles. The van der Waals surface area contributed by atoms with Gasteiger partial charge in [-0.1, -0.05) is 115 Å². The zero-order chi connectivity index (χ0) is 32.2. The molecule has 1 aliphatic rings. The molecule has 4 heterocycles. The van der Waals surface area contributed by atoms with E-state index in [-0.39, 0.29) is 0 Å². The fourth-order valence-corrected chi connectivity index (χ4v) is 9.35. The van der Waals surface area contributed by atoms with Gasteiger partial charge in [0.15, 0.2) is 5.13 Å². The standard InChI is InChI=1S/C44H29N3OS/c1-26-13-5-6-16-28(26)33-25-34-43(40-32-19-9-12-22-38(32)48-42(33)40)49-44(45-34)47-35-20-10-7-17-29(35)30-23-24-37-39(41(30)47)31-18-8-11-21-36(31)46(37)27-14-3-2-4-15-27/h2-12,14-26H,13H2,1H3. The predicted octanol–water partition coefficient (Wildman–Crippen LogP) is 12.4. The van der Waals surface area contributed by atoms with Crippen LogP contribution in [0.5, 0.6) is 0 Å². The summed E-state index contributed by atoms with van der Waals surface area (Å²) in [5.74, 6) is 0.393. The molecule has 1 atom stereocenters. The second kappa shape index (κ2) is 10.0. The Morgan fingerprint density at radius 1 is 0.694 bits per heavy atom. The SMILES string of the molecule is CC1CC=CC=C1c1cc2nc(-n3c4ccccc4c4ccc5c(c6ccccc6n5-c5ccccc5)c43)sc2c2c1oc1ccccc12. The Balaban J connectivity index is 1.30. The highest BCUT2D eigenvalue weighted by Gasteiger charge is 2.25. The van der Waals surface area contributed by atoms with Crippen molar-refractivity contribution in [1.29, 1.82) is 0 Å². The highest BCUT2D eigenvalue weighted by molar-refractivity contribution is 7.22. The summed E-state index contributed by atoms with van der Waals surface area (Å²) in [6, 6.07) is 43.5. The van der Waals surface area contributed by atoms with Gasteiger partial charge in [-0.15, -0.1) is 0 Å². The highest BCUT2D eigenvalue weighted by Crippen LogP contribution is 2.47. The van der Waals surface area contributed by atoms with Gasteiger partial charge in [0.1, 0.15) is 11.2 Å². The summed E-state index contributed by atoms with van der Waals surface area (Å²) in [7, 11) is 0. The quantitative estimate of drug-likeness (QED) is 0.191. The molecule has 0 spiro atoms. The minimum absolute atomic E-state index is 0.393. The van der Waals surface area contributed by atoms with Crippen molar-refractivity contribution in [2.45, 2.75) is 13.3 Å². The minimum atomic E-state index is 0.393. The molecular weight excluding hydrogens is 619 g/mol. The Kier molecular flexibility index (Phi) is 5.55. The Bertz CT molecular complexity index is 3040. The number of para-hydroxylation sites is 4. The lowest BCUT2D eigenvalue weighted by molar-refractivity contribution is 0.665. The van der Waals surface area contributed by atoms with Crippen LogP contribution in [0, 0.1) is 5.92 Å². The van der Waals surface area contributed by atoms with Crippen LogP contribution in [0.15, 0.2) is 144 Å². The van der Waals surface area contributed by atoms with Crippen LogP contribution < -0.4 is 0 Å². The van der Waals surface area contributed by atoms with E-state index in [1.54, 1.807) is 11.3 Å². The van der Waals surface area contributed by atoms with Gasteiger partial charge in [-0.3, -0.25) is 4.57 Å². The molecule has 5 heteroatoms. The van der Waals surface area contributed by atoms with Crippen molar-refractivity contribution in [3.63, 3.8) is 0 Å². The minimum Gasteiger partial charge on any atom is -0.455 e. The number of hydrogen-bond donors (Lipinski definition) is 0. The van der Waals surface area contributed by atoms with E-state index >= 15 is 0 Å². The zero-order valence-electron chi connectivity index (χ0n) is 26.7. The topological polar surface area (TPSA) is 35.9 Å². The molecule has 4 nitrogen and oxygen atoms in total. The molecule has 232 valence electrons. The fourth-order valence-electron chi connectivity index (χ4n) is 8.23. The van der Waals surface area contributed by atoms with Gasteiger partial charge in [0, 0.05) is 43.6 Å². The predicted molar refractivity (Wildman–Crippen MR) is 206 cm³/mol. The molecule has 0 bridgehead atoms. The largest absolute Gasteiger partial charge is 0.455 e. The van der Waals surface area contributed by atoms with Crippen LogP contribution in [0.4, 0.5) is 0 Å². The monoisotopic (exact) mass is 647 g/mol. The zero-order valence-corrected chi connectivity index (χ0v) is 27.5. The van der Waals surface area contributed by atoms with Gasteiger partial charge in [0.2, 0.25) is 0 Å². The van der Waals surface area contributed by atoms with Crippen molar-refractivity contribution >= 4 is 92.7 Å². The van der Waals surface area contributed by atoms with Gasteiger partial charge >= 0.3 is 0 Å². The van der Waals surface area contributed by atoms with Gasteiger partial charge in [-0.05, 0) is 60.4 Å². The molecule has 49 heavy (non-hydrogen) atoms. The smallest absolute Gasteiger partial charge is 0.195 e. The van der Waals surface area contributed by atoms with Gasteiger partial charge in [0.05, 0.1) is 32.3 Å². The maximum Gasteiger partial charge on any atom is 0.195 e. The number of nitrogens with zero attached hydrogens (tertiary/aromatic N) is 3. The van der Waals surface area contributed by atoms with Crippen LogP contribution >= 0.6 is 11.3 Å². The summed E-state index contributed by atoms with van der Waals surface area (Å²) in [5, 5.41) is 8.16. The number of allylic oxidation sites excluding steroid dienone is 4. The molecule has 0 saturated carbocycles. The molecule has 0 N–H and O–H groups in total. The van der Waals surface area contributed by atoms with E-state index in [0.717, 1.165) is 60.5 Å². The molecule has 6 aromatic carbocycles. The van der Waals surface area contributed by atoms with E-state index in [9.17, 15) is 0 Å². The van der Waals surface area contributed by atoms with Gasteiger partial charge in [-0.25, -0.2) is 4.98 Å². The second-order valence-electron chi connectivity index (χ2n) is 13.2. The van der Waals surface area contributed by atoms with Gasteiger partial charge in [-0.2, -0.15) is 0 Å². The van der Waals surface area contributed by atoms with Crippen molar-refractivity contribution < 1.29 is 4.42 Å². The normalized spacial score (nSPS) is 15.2. The Morgan fingerprint density at radius 3 is 2.27 bits per heavy atom. The number of fused-ring (bicyclic) bond motifs is 12. The molecule has 0 aliphatic heterocycles. The molecule has 0 fully saturated rings. The Labute approximate surface area is 285 Å². The summed E-state index contributed by atoms with van der Waals surface area (Å²) in [4.78, 5) is 5.51. The molecule has 1 aliphatic carbocycles. The second-order valence-corrected chi connectivity index (χ2v) is 14.1. The number of furan rings is 1. The van der Waals surface area contributed by atoms with E-state index in [2.05, 4.69) is 156 Å². The number of hydrogen-bond acceptors (Lipinski definition) is 3. The van der Waals surface area contributed by atoms with Crippen molar-refractivity contribution in [3.8, 4) is 10.8 Å². The maximum atomic E-state index is 6.69. The first kappa shape index (κ1) is 27.1. The number of rotatable bonds is 3. The number of benzene rings is 6. The number of aromatic nitrogens is 3. The molecule has 11 rings (SSSR count). The van der Waals surface area contributed by atoms with E-state index < -0.39 is 0 Å². The van der Waals surface area contributed by atoms with Crippen molar-refractivity contribution in [1.82, 2.24) is 14.1 Å². The van der Waals surface area contributed by atoms with Gasteiger partial charge in [0.25, 0.3) is 0 Å². The average molecular weight is 648 g/mol. The van der Waals surface area contributed by atoms with Crippen LogP contribution in [0.2, 0.25) is 0 Å². The summed E-state index contributed by atoms with van der Waals surface area (Å²) < 4.78 is 12.7. The highest BCUT2D eigenvalue weighted by atomic mass is 32.1. The van der Waals surface area contributed by atoms with E-state index in [1.807, 2.05) is 0 Å². The van der Waals surface area contributed by atoms with Crippen molar-refractivity contribution in [2.24, 2.45) is 5.92 Å². The lowest BCUT2D eigenvalue weighted by Gasteiger charge is -2.17. The molecule has 10 aromatic rings. The first-order valence-corrected chi connectivity index (χ1v) is 17.7. The van der Waals surface area contributed by atoms with Crippen LogP contribution in [0.25, 0.3) is 92.2 Å². The third kappa shape index (κ3) is 3.71. The molecular formula is C44H29N3OS. The van der Waals surface area contributed by atoms with Crippen LogP contribution in [-0.4, -0.2) is 14.1 Å². The summed E-state index contributed by atoms with van der Waals surface area (Å²) in [6.07, 6.45) is 7.69. The molecule has 0 amide bonds. The van der Waals surface area contributed by atoms with Crippen LogP contribution in [-0.2, 0) is 0 Å². The number of thiazole rings is 1. The van der Waals surface area contributed by atoms with Crippen molar-refractivity contribution in [2.75, 3.05) is 0 Å². The van der Waals surface area contributed by atoms with Gasteiger partial charge < -0.3 is 8.98 Å². The summed E-state index contributed by atoms with van der Waals surface area (Å²) in [5.41, 5.74) is 11.2. The average Bonchev–Trinajstić information content (AvgIpc) is 3.90. The van der Waals surface area contributed by atoms with E-state index in [1.165, 1.54) is 43.7 Å². The molecule has 1 unspecified atom stereocenters. The lowest BCUT2D eigenvalue weighted by Crippen LogP contribution is -2.01. The Morgan fingerprint density at radius 2 is 1.43 bits per heavy atom. The third-order valence-electron chi connectivity index (χ3n) is 10.4. The fraction of sp³-hybridized carbons (Fsp3) is 0.0682. The lowest BCUT2D eigenvalue weighted by atomic mass is 9.87. The molecule has 0 radical (unpaired) electrons. The summed E-state index contributed by atoms with van der Waals surface area (Å²) in [6.45, 7) is 2.30. The first-order chi connectivity index (χ1) is 24.2. The van der Waals surface area contributed by atoms with E-state index in [0.29, 0.717) is 5.92 Å². The maximum absolute atomic E-state index is 6.69. The summed E-state index contributed by atoms with van der Waals surface area (Å²) >= 11 is 1.76. The van der Waals surface area contributed by atoms with Crippen LogP contribution in [0.3, 0.4) is 0 Å². The van der Waals surface area contributed by atoms with E-state index in [4.69, 9.17) is 9.40 Å². The van der Waals surface area contributed by atoms with Crippen LogP contribution in [0.1, 0.15) is 18.9 Å². The first-order valence-electron chi connectivity index (χ1n) is 16.9. The molecule has 0 saturated heterocycles. The third-order valence-corrected chi connectivity index (χ3v) is 11.5.